The molecule has 0 bridgehead atoms. The quantitative estimate of drug-likeness (QED) is 0.882. The van der Waals surface area contributed by atoms with Crippen molar-refractivity contribution < 1.29 is 9.90 Å². The average Bonchev–Trinajstić information content (AvgIpc) is 2.32. The van der Waals surface area contributed by atoms with Gasteiger partial charge in [0.15, 0.2) is 0 Å². The smallest absolute Gasteiger partial charge is 0.251 e. The molecule has 2 unspecified atom stereocenters. The van der Waals surface area contributed by atoms with Crippen LogP contribution >= 0.6 is 15.9 Å². The maximum atomic E-state index is 12.1. The summed E-state index contributed by atoms with van der Waals surface area (Å²) in [7, 11) is 0. The zero-order valence-corrected chi connectivity index (χ0v) is 12.4. The van der Waals surface area contributed by atoms with E-state index in [1.165, 1.54) is 0 Å². The highest BCUT2D eigenvalue weighted by Gasteiger charge is 2.47. The molecular formula is C14H18BrNO2. The standard InChI is InChI=1S/C14H18BrNO2/c1-8-6-9(4-5-10(8)15)13(18)16-11-7-12(17)14(11,2)3/h4-6,11-12,17H,7H2,1-3H3,(H,16,18). The summed E-state index contributed by atoms with van der Waals surface area (Å²) in [4.78, 5) is 12.1. The summed E-state index contributed by atoms with van der Waals surface area (Å²) < 4.78 is 0.999. The highest BCUT2D eigenvalue weighted by molar-refractivity contribution is 9.10. The van der Waals surface area contributed by atoms with E-state index < -0.39 is 0 Å². The molecule has 0 aliphatic heterocycles. The van der Waals surface area contributed by atoms with Gasteiger partial charge in [0.2, 0.25) is 0 Å². The minimum Gasteiger partial charge on any atom is -0.392 e. The van der Waals surface area contributed by atoms with Crippen molar-refractivity contribution in [3.05, 3.63) is 33.8 Å². The molecule has 1 fully saturated rings. The summed E-state index contributed by atoms with van der Waals surface area (Å²) in [6, 6.07) is 5.59. The maximum Gasteiger partial charge on any atom is 0.251 e. The van der Waals surface area contributed by atoms with Gasteiger partial charge >= 0.3 is 0 Å². The van der Waals surface area contributed by atoms with Gasteiger partial charge in [-0.1, -0.05) is 29.8 Å². The predicted molar refractivity (Wildman–Crippen MR) is 74.5 cm³/mol. The van der Waals surface area contributed by atoms with Gasteiger partial charge in [-0.3, -0.25) is 4.79 Å². The van der Waals surface area contributed by atoms with Gasteiger partial charge in [-0.15, -0.1) is 0 Å². The van der Waals surface area contributed by atoms with Gasteiger partial charge in [-0.25, -0.2) is 0 Å². The Morgan fingerprint density at radius 2 is 2.17 bits per heavy atom. The largest absolute Gasteiger partial charge is 0.392 e. The number of carbonyl (C=O) groups excluding carboxylic acids is 1. The zero-order valence-electron chi connectivity index (χ0n) is 10.8. The molecule has 2 rings (SSSR count). The van der Waals surface area contributed by atoms with E-state index in [1.807, 2.05) is 32.9 Å². The van der Waals surface area contributed by atoms with Crippen LogP contribution in [0.2, 0.25) is 0 Å². The molecule has 2 N–H and O–H groups in total. The van der Waals surface area contributed by atoms with E-state index in [0.717, 1.165) is 10.0 Å². The number of halogens is 1. The Labute approximate surface area is 116 Å². The van der Waals surface area contributed by atoms with Crippen LogP contribution in [0.4, 0.5) is 0 Å². The van der Waals surface area contributed by atoms with Crippen LogP contribution in [-0.2, 0) is 0 Å². The van der Waals surface area contributed by atoms with Crippen molar-refractivity contribution in [2.75, 3.05) is 0 Å². The molecule has 2 atom stereocenters. The third kappa shape index (κ3) is 2.31. The minimum absolute atomic E-state index is 0.0453. The second-order valence-electron chi connectivity index (χ2n) is 5.56. The first-order chi connectivity index (χ1) is 8.32. The SMILES string of the molecule is Cc1cc(C(=O)NC2CC(O)C2(C)C)ccc1Br. The van der Waals surface area contributed by atoms with Gasteiger partial charge in [-0.2, -0.15) is 0 Å². The number of nitrogens with one attached hydrogen (secondary N) is 1. The molecule has 1 aromatic carbocycles. The summed E-state index contributed by atoms with van der Waals surface area (Å²) in [6.07, 6.45) is 0.309. The summed E-state index contributed by atoms with van der Waals surface area (Å²) in [5.74, 6) is -0.0735. The van der Waals surface area contributed by atoms with E-state index in [4.69, 9.17) is 0 Å². The second kappa shape index (κ2) is 4.67. The van der Waals surface area contributed by atoms with Crippen LogP contribution in [0, 0.1) is 12.3 Å². The molecule has 1 saturated carbocycles. The molecule has 1 aliphatic carbocycles. The molecule has 18 heavy (non-hydrogen) atoms. The lowest BCUT2D eigenvalue weighted by Gasteiger charge is -2.49. The van der Waals surface area contributed by atoms with Crippen LogP contribution in [0.15, 0.2) is 22.7 Å². The van der Waals surface area contributed by atoms with Gasteiger partial charge < -0.3 is 10.4 Å². The van der Waals surface area contributed by atoms with E-state index in [0.29, 0.717) is 12.0 Å². The number of amides is 1. The molecule has 0 aromatic heterocycles. The first-order valence-electron chi connectivity index (χ1n) is 6.07. The molecule has 0 saturated heterocycles. The molecule has 0 spiro atoms. The Morgan fingerprint density at radius 1 is 1.50 bits per heavy atom. The van der Waals surface area contributed by atoms with Crippen LogP contribution in [0.3, 0.4) is 0 Å². The van der Waals surface area contributed by atoms with Crippen LogP contribution in [0.25, 0.3) is 0 Å². The average molecular weight is 312 g/mol. The van der Waals surface area contributed by atoms with Crippen LogP contribution in [0.1, 0.15) is 36.2 Å². The van der Waals surface area contributed by atoms with Crippen molar-refractivity contribution in [3.8, 4) is 0 Å². The number of aliphatic hydroxyl groups is 1. The first kappa shape index (κ1) is 13.6. The normalized spacial score (nSPS) is 25.4. The minimum atomic E-state index is -0.325. The topological polar surface area (TPSA) is 49.3 Å². The van der Waals surface area contributed by atoms with E-state index in [2.05, 4.69) is 21.2 Å². The number of hydrogen-bond donors (Lipinski definition) is 2. The molecule has 1 amide bonds. The molecule has 1 aromatic rings. The van der Waals surface area contributed by atoms with Crippen molar-refractivity contribution in [1.82, 2.24) is 5.32 Å². The number of aliphatic hydroxyl groups excluding tert-OH is 1. The van der Waals surface area contributed by atoms with Crippen molar-refractivity contribution in [2.45, 2.75) is 39.3 Å². The number of carbonyl (C=O) groups is 1. The number of aryl methyl sites for hydroxylation is 1. The van der Waals surface area contributed by atoms with Crippen LogP contribution < -0.4 is 5.32 Å². The summed E-state index contributed by atoms with van der Waals surface area (Å²) in [5, 5.41) is 12.6. The highest BCUT2D eigenvalue weighted by atomic mass is 79.9. The second-order valence-corrected chi connectivity index (χ2v) is 6.42. The monoisotopic (exact) mass is 311 g/mol. The van der Waals surface area contributed by atoms with Gasteiger partial charge in [-0.05, 0) is 37.1 Å². The van der Waals surface area contributed by atoms with Crippen molar-refractivity contribution in [3.63, 3.8) is 0 Å². The van der Waals surface area contributed by atoms with Crippen molar-refractivity contribution in [1.29, 1.82) is 0 Å². The zero-order chi connectivity index (χ0) is 13.5. The Bertz CT molecular complexity index is 485. The lowest BCUT2D eigenvalue weighted by atomic mass is 9.64. The number of hydrogen-bond acceptors (Lipinski definition) is 2. The fraction of sp³-hybridized carbons (Fsp3) is 0.500. The van der Waals surface area contributed by atoms with Gasteiger partial charge in [0.25, 0.3) is 5.91 Å². The van der Waals surface area contributed by atoms with E-state index in [-0.39, 0.29) is 23.5 Å². The Morgan fingerprint density at radius 3 is 2.67 bits per heavy atom. The van der Waals surface area contributed by atoms with Crippen molar-refractivity contribution in [2.24, 2.45) is 5.41 Å². The maximum absolute atomic E-state index is 12.1. The molecule has 1 aliphatic rings. The van der Waals surface area contributed by atoms with Crippen molar-refractivity contribution >= 4 is 21.8 Å². The number of rotatable bonds is 2. The summed E-state index contributed by atoms with van der Waals surface area (Å²) in [5.41, 5.74) is 1.46. The molecule has 4 heteroatoms. The van der Waals surface area contributed by atoms with Gasteiger partial charge in [0.1, 0.15) is 0 Å². The Hall–Kier alpha value is -0.870. The first-order valence-corrected chi connectivity index (χ1v) is 6.86. The molecule has 0 radical (unpaired) electrons. The number of benzene rings is 1. The third-order valence-corrected chi connectivity index (χ3v) is 4.83. The molecular weight excluding hydrogens is 294 g/mol. The van der Waals surface area contributed by atoms with Gasteiger partial charge in [0.05, 0.1) is 6.10 Å². The fourth-order valence-corrected chi connectivity index (χ4v) is 2.42. The van der Waals surface area contributed by atoms with E-state index >= 15 is 0 Å². The van der Waals surface area contributed by atoms with E-state index in [1.54, 1.807) is 6.07 Å². The predicted octanol–water partition coefficient (Wildman–Crippen LogP) is 2.65. The fourth-order valence-electron chi connectivity index (χ4n) is 2.17. The van der Waals surface area contributed by atoms with Crippen LogP contribution in [-0.4, -0.2) is 23.2 Å². The van der Waals surface area contributed by atoms with Gasteiger partial charge in [0, 0.05) is 21.5 Å². The lowest BCUT2D eigenvalue weighted by molar-refractivity contribution is -0.0689. The molecule has 0 heterocycles. The Kier molecular flexibility index (Phi) is 3.52. The van der Waals surface area contributed by atoms with E-state index in [9.17, 15) is 9.90 Å². The molecule has 98 valence electrons. The summed E-state index contributed by atoms with van der Waals surface area (Å²) in [6.45, 7) is 5.90. The highest BCUT2D eigenvalue weighted by Crippen LogP contribution is 2.40. The lowest BCUT2D eigenvalue weighted by Crippen LogP contribution is -2.61. The Balaban J connectivity index is 2.07. The third-order valence-electron chi connectivity index (χ3n) is 3.94. The molecule has 3 nitrogen and oxygen atoms in total. The van der Waals surface area contributed by atoms with Crippen LogP contribution in [0.5, 0.6) is 0 Å². The summed E-state index contributed by atoms with van der Waals surface area (Å²) >= 11 is 3.42.